The van der Waals surface area contributed by atoms with E-state index in [0.29, 0.717) is 0 Å². The predicted octanol–water partition coefficient (Wildman–Crippen LogP) is 4.03. The van der Waals surface area contributed by atoms with Crippen LogP contribution in [-0.4, -0.2) is 52.1 Å². The van der Waals surface area contributed by atoms with Gasteiger partial charge >= 0.3 is 6.18 Å². The molecule has 1 aromatic carbocycles. The Morgan fingerprint density at radius 3 is 2.52 bits per heavy atom. The normalized spacial score (nSPS) is 15.8. The number of rotatable bonds is 4. The number of aromatic hydroxyl groups is 1. The maximum absolute atomic E-state index is 14.4. The van der Waals surface area contributed by atoms with Crippen molar-refractivity contribution >= 4 is 28.5 Å². The van der Waals surface area contributed by atoms with Crippen molar-refractivity contribution in [1.29, 1.82) is 0 Å². The number of ether oxygens (including phenoxy) is 1. The summed E-state index contributed by atoms with van der Waals surface area (Å²) in [4.78, 5) is 22.7. The summed E-state index contributed by atoms with van der Waals surface area (Å²) in [7, 11) is 0. The van der Waals surface area contributed by atoms with Gasteiger partial charge in [-0.2, -0.15) is 13.2 Å². The third-order valence-electron chi connectivity index (χ3n) is 5.28. The minimum Gasteiger partial charge on any atom is -0.505 e. The number of hydrogen-bond donors (Lipinski definition) is 1. The fraction of sp³-hybridized carbons (Fsp3) is 0.381. The summed E-state index contributed by atoms with van der Waals surface area (Å²) >= 11 is 6.18. The van der Waals surface area contributed by atoms with Gasteiger partial charge in [0.2, 0.25) is 0 Å². The number of morpholine rings is 1. The molecule has 1 N–H and O–H groups in total. The van der Waals surface area contributed by atoms with E-state index < -0.39 is 46.9 Å². The molecule has 7 nitrogen and oxygen atoms in total. The van der Waals surface area contributed by atoms with Gasteiger partial charge in [0.15, 0.2) is 11.4 Å². The molecule has 3 heterocycles. The first kappa shape index (κ1) is 23.2. The number of aromatic nitrogens is 3. The molecular weight excluding hydrogens is 468 g/mol. The number of hydrogen-bond acceptors (Lipinski definition) is 6. The second kappa shape index (κ2) is 8.79. The van der Waals surface area contributed by atoms with Gasteiger partial charge in [-0.25, -0.2) is 14.4 Å². The van der Waals surface area contributed by atoms with Gasteiger partial charge in [0, 0.05) is 36.1 Å². The Morgan fingerprint density at radius 2 is 1.88 bits per heavy atom. The zero-order valence-electron chi connectivity index (χ0n) is 17.4. The number of pyridine rings is 1. The molecule has 0 bridgehead atoms. The largest absolute Gasteiger partial charge is 0.505 e. The summed E-state index contributed by atoms with van der Waals surface area (Å²) < 4.78 is 63.2. The smallest absolute Gasteiger partial charge is 0.419 e. The van der Waals surface area contributed by atoms with E-state index in [2.05, 4.69) is 9.97 Å². The third kappa shape index (κ3) is 4.34. The minimum atomic E-state index is -4.90. The molecule has 0 spiro atoms. The average Bonchev–Trinajstić information content (AvgIpc) is 2.76. The van der Waals surface area contributed by atoms with Crippen LogP contribution >= 0.6 is 11.6 Å². The summed E-state index contributed by atoms with van der Waals surface area (Å²) in [6.07, 6.45) is -3.98. The Morgan fingerprint density at radius 1 is 1.21 bits per heavy atom. The highest BCUT2D eigenvalue weighted by Gasteiger charge is 2.40. The van der Waals surface area contributed by atoms with Gasteiger partial charge in [0.1, 0.15) is 11.7 Å². The number of benzene rings is 1. The first-order chi connectivity index (χ1) is 15.6. The van der Waals surface area contributed by atoms with Gasteiger partial charge in [-0.15, -0.1) is 0 Å². The van der Waals surface area contributed by atoms with E-state index in [0.717, 1.165) is 10.6 Å². The molecule has 1 atom stereocenters. The molecule has 176 valence electrons. The lowest BCUT2D eigenvalue weighted by Crippen LogP contribution is -2.37. The lowest BCUT2D eigenvalue weighted by Gasteiger charge is -2.32. The van der Waals surface area contributed by atoms with Crippen LogP contribution in [0.4, 0.5) is 23.2 Å². The quantitative estimate of drug-likeness (QED) is 0.561. The zero-order chi connectivity index (χ0) is 23.9. The SMILES string of the molecule is CC(F)Cn1c(=O)c(-c2cc(Cl)cc(N3CCOCC3)c2C(F)(F)F)c(O)c2nccnc21. The Labute approximate surface area is 190 Å². The maximum atomic E-state index is 14.4. The van der Waals surface area contributed by atoms with E-state index >= 15 is 0 Å². The van der Waals surface area contributed by atoms with E-state index in [1.54, 1.807) is 0 Å². The van der Waals surface area contributed by atoms with Crippen LogP contribution in [0.1, 0.15) is 12.5 Å². The molecule has 1 unspecified atom stereocenters. The Kier molecular flexibility index (Phi) is 6.19. The number of halogens is 5. The van der Waals surface area contributed by atoms with Crippen LogP contribution in [0.3, 0.4) is 0 Å². The highest BCUT2D eigenvalue weighted by atomic mass is 35.5. The lowest BCUT2D eigenvalue weighted by molar-refractivity contribution is -0.136. The molecule has 1 fully saturated rings. The Hall–Kier alpha value is -2.92. The first-order valence-corrected chi connectivity index (χ1v) is 10.4. The van der Waals surface area contributed by atoms with Crippen LogP contribution in [0, 0.1) is 0 Å². The van der Waals surface area contributed by atoms with Gasteiger partial charge in [-0.05, 0) is 19.1 Å². The molecular formula is C21H19ClF4N4O3. The van der Waals surface area contributed by atoms with Crippen molar-refractivity contribution in [3.8, 4) is 16.9 Å². The van der Waals surface area contributed by atoms with Crippen LogP contribution < -0.4 is 10.5 Å². The fourth-order valence-electron chi connectivity index (χ4n) is 3.95. The highest BCUT2D eigenvalue weighted by Crippen LogP contribution is 2.46. The number of anilines is 1. The van der Waals surface area contributed by atoms with Gasteiger partial charge in [0.05, 0.1) is 36.6 Å². The van der Waals surface area contributed by atoms with E-state index in [1.165, 1.54) is 30.3 Å². The molecule has 3 aromatic rings. The molecule has 33 heavy (non-hydrogen) atoms. The van der Waals surface area contributed by atoms with Crippen LogP contribution in [-0.2, 0) is 17.5 Å². The van der Waals surface area contributed by atoms with Gasteiger partial charge in [-0.1, -0.05) is 11.6 Å². The Bertz CT molecular complexity index is 1260. The second-order valence-electron chi connectivity index (χ2n) is 7.59. The van der Waals surface area contributed by atoms with Gasteiger partial charge in [-0.3, -0.25) is 9.36 Å². The van der Waals surface area contributed by atoms with Crippen molar-refractivity contribution in [3.63, 3.8) is 0 Å². The molecule has 0 aliphatic carbocycles. The van der Waals surface area contributed by atoms with Gasteiger partial charge < -0.3 is 14.7 Å². The van der Waals surface area contributed by atoms with Crippen molar-refractivity contribution in [2.45, 2.75) is 25.8 Å². The second-order valence-corrected chi connectivity index (χ2v) is 8.03. The van der Waals surface area contributed by atoms with E-state index in [9.17, 15) is 27.5 Å². The molecule has 0 radical (unpaired) electrons. The molecule has 0 amide bonds. The third-order valence-corrected chi connectivity index (χ3v) is 5.49. The van der Waals surface area contributed by atoms with Crippen LogP contribution in [0.15, 0.2) is 29.3 Å². The molecule has 1 aliphatic heterocycles. The summed E-state index contributed by atoms with van der Waals surface area (Å²) in [5.74, 6) is -0.786. The average molecular weight is 487 g/mol. The lowest BCUT2D eigenvalue weighted by atomic mass is 9.96. The summed E-state index contributed by atoms with van der Waals surface area (Å²) in [6.45, 7) is 1.51. The topological polar surface area (TPSA) is 80.5 Å². The van der Waals surface area contributed by atoms with E-state index in [4.69, 9.17) is 16.3 Å². The number of nitrogens with zero attached hydrogens (tertiary/aromatic N) is 4. The highest BCUT2D eigenvalue weighted by molar-refractivity contribution is 6.31. The molecule has 12 heteroatoms. The van der Waals surface area contributed by atoms with Crippen molar-refractivity contribution in [2.75, 3.05) is 31.2 Å². The maximum Gasteiger partial charge on any atom is 0.419 e. The predicted molar refractivity (Wildman–Crippen MR) is 115 cm³/mol. The molecule has 1 saturated heterocycles. The van der Waals surface area contributed by atoms with Crippen molar-refractivity contribution in [1.82, 2.24) is 14.5 Å². The number of fused-ring (bicyclic) bond motifs is 1. The van der Waals surface area contributed by atoms with Crippen molar-refractivity contribution in [3.05, 3.63) is 45.5 Å². The Balaban J connectivity index is 2.10. The summed E-state index contributed by atoms with van der Waals surface area (Å²) in [6, 6.07) is 2.13. The van der Waals surface area contributed by atoms with E-state index in [1.807, 2.05) is 0 Å². The van der Waals surface area contributed by atoms with Crippen LogP contribution in [0.25, 0.3) is 22.3 Å². The summed E-state index contributed by atoms with van der Waals surface area (Å²) in [5, 5.41) is 10.8. The molecule has 4 rings (SSSR count). The first-order valence-electron chi connectivity index (χ1n) is 10.0. The van der Waals surface area contributed by atoms with Crippen LogP contribution in [0.2, 0.25) is 5.02 Å². The van der Waals surface area contributed by atoms with Gasteiger partial charge in [0.25, 0.3) is 5.56 Å². The zero-order valence-corrected chi connectivity index (χ0v) is 18.1. The summed E-state index contributed by atoms with van der Waals surface area (Å²) in [5.41, 5.74) is -4.07. The van der Waals surface area contributed by atoms with E-state index in [-0.39, 0.29) is 48.2 Å². The van der Waals surface area contributed by atoms with Crippen molar-refractivity contribution in [2.24, 2.45) is 0 Å². The minimum absolute atomic E-state index is 0.0667. The van der Waals surface area contributed by atoms with Crippen LogP contribution in [0.5, 0.6) is 5.75 Å². The number of alkyl halides is 4. The molecule has 2 aromatic heterocycles. The monoisotopic (exact) mass is 486 g/mol. The molecule has 0 saturated carbocycles. The molecule has 1 aliphatic rings. The fourth-order valence-corrected chi connectivity index (χ4v) is 4.16. The standard InChI is InChI=1S/C21H19ClF4N4O3/c1-11(23)10-30-19-17(27-2-3-28-19)18(31)15(20(30)32)13-8-12(22)9-14(16(13)21(24,25)26)29-4-6-33-7-5-29/h2-3,8-9,11,31H,4-7,10H2,1H3. The van der Waals surface area contributed by atoms with Crippen molar-refractivity contribution < 1.29 is 27.4 Å².